The molecule has 1 aromatic carbocycles. The predicted molar refractivity (Wildman–Crippen MR) is 105 cm³/mol. The van der Waals surface area contributed by atoms with E-state index in [9.17, 15) is 9.90 Å². The first-order valence-electron chi connectivity index (χ1n) is 8.80. The third-order valence-electron chi connectivity index (χ3n) is 4.23. The summed E-state index contributed by atoms with van der Waals surface area (Å²) in [6.07, 6.45) is 2.88. The lowest BCUT2D eigenvalue weighted by Gasteiger charge is -2.29. The number of piperidine rings is 1. The number of nitrogens with one attached hydrogen (secondary N) is 3. The maximum Gasteiger partial charge on any atom is 0.319 e. The van der Waals surface area contributed by atoms with Gasteiger partial charge in [-0.15, -0.1) is 11.8 Å². The summed E-state index contributed by atoms with van der Waals surface area (Å²) in [5, 5.41) is 18.7. The highest BCUT2D eigenvalue weighted by atomic mass is 32.2. The van der Waals surface area contributed by atoms with Gasteiger partial charge in [-0.1, -0.05) is 6.07 Å². The Bertz CT molecular complexity index is 696. The maximum absolute atomic E-state index is 12.1. The zero-order valence-corrected chi connectivity index (χ0v) is 15.3. The molecular formula is C19H24N4O2S. The van der Waals surface area contributed by atoms with Gasteiger partial charge in [-0.05, 0) is 55.8 Å². The molecule has 0 radical (unpaired) electrons. The van der Waals surface area contributed by atoms with E-state index in [0.29, 0.717) is 13.0 Å². The van der Waals surface area contributed by atoms with E-state index < -0.39 is 6.10 Å². The molecule has 3 rings (SSSR count). The first-order valence-corrected chi connectivity index (χ1v) is 9.78. The number of benzene rings is 1. The van der Waals surface area contributed by atoms with Gasteiger partial charge in [-0.25, -0.2) is 4.79 Å². The van der Waals surface area contributed by atoms with Crippen molar-refractivity contribution in [1.29, 1.82) is 0 Å². The molecule has 26 heavy (non-hydrogen) atoms. The van der Waals surface area contributed by atoms with Crippen molar-refractivity contribution in [3.63, 3.8) is 0 Å². The number of hydrogen-bond donors (Lipinski definition) is 4. The second-order valence-electron chi connectivity index (χ2n) is 6.21. The van der Waals surface area contributed by atoms with Crippen molar-refractivity contribution in [2.45, 2.75) is 29.9 Å². The number of aryl methyl sites for hydroxylation is 1. The Morgan fingerprint density at radius 1 is 1.27 bits per heavy atom. The Hall–Kier alpha value is -2.09. The van der Waals surface area contributed by atoms with E-state index >= 15 is 0 Å². The van der Waals surface area contributed by atoms with Crippen LogP contribution >= 0.6 is 11.8 Å². The van der Waals surface area contributed by atoms with Crippen LogP contribution in [0.15, 0.2) is 53.6 Å². The Morgan fingerprint density at radius 3 is 2.85 bits per heavy atom. The second-order valence-corrected chi connectivity index (χ2v) is 7.38. The molecule has 1 aliphatic heterocycles. The van der Waals surface area contributed by atoms with Crippen LogP contribution in [0.3, 0.4) is 0 Å². The molecule has 1 saturated heterocycles. The van der Waals surface area contributed by atoms with Crippen molar-refractivity contribution in [3.05, 3.63) is 54.4 Å². The fraction of sp³-hybridized carbons (Fsp3) is 0.368. The molecule has 138 valence electrons. The van der Waals surface area contributed by atoms with Gasteiger partial charge in [0.25, 0.3) is 0 Å². The first kappa shape index (κ1) is 18.7. The summed E-state index contributed by atoms with van der Waals surface area (Å²) >= 11 is 1.76. The smallest absolute Gasteiger partial charge is 0.319 e. The number of nitrogens with zero attached hydrogens (tertiary/aromatic N) is 1. The lowest BCUT2D eigenvalue weighted by atomic mass is 10.0. The lowest BCUT2D eigenvalue weighted by molar-refractivity contribution is 0.103. The number of urea groups is 1. The van der Waals surface area contributed by atoms with Crippen molar-refractivity contribution in [1.82, 2.24) is 15.6 Å². The van der Waals surface area contributed by atoms with Gasteiger partial charge >= 0.3 is 6.03 Å². The van der Waals surface area contributed by atoms with E-state index in [2.05, 4.69) is 20.9 Å². The van der Waals surface area contributed by atoms with Gasteiger partial charge in [0, 0.05) is 34.8 Å². The summed E-state index contributed by atoms with van der Waals surface area (Å²) in [5.74, 6) is 0.955. The molecule has 4 N–H and O–H groups in total. The van der Waals surface area contributed by atoms with Crippen LogP contribution in [0.2, 0.25) is 0 Å². The Morgan fingerprint density at radius 2 is 2.12 bits per heavy atom. The first-order chi connectivity index (χ1) is 12.7. The number of carbonyl (C=O) groups excluding carboxylic acids is 1. The molecule has 1 aliphatic rings. The molecule has 0 bridgehead atoms. The van der Waals surface area contributed by atoms with E-state index in [4.69, 9.17) is 0 Å². The van der Waals surface area contributed by atoms with Gasteiger partial charge in [0.15, 0.2) is 0 Å². The quantitative estimate of drug-likeness (QED) is 0.585. The van der Waals surface area contributed by atoms with E-state index in [1.165, 1.54) is 0 Å². The van der Waals surface area contributed by atoms with Crippen LogP contribution in [-0.4, -0.2) is 47.1 Å². The summed E-state index contributed by atoms with van der Waals surface area (Å²) in [7, 11) is 0. The molecule has 1 aromatic heterocycles. The van der Waals surface area contributed by atoms with Gasteiger partial charge in [0.2, 0.25) is 0 Å². The van der Waals surface area contributed by atoms with Crippen LogP contribution in [0.1, 0.15) is 12.1 Å². The fourth-order valence-electron chi connectivity index (χ4n) is 2.78. The molecule has 1 fully saturated rings. The average Bonchev–Trinajstić information content (AvgIpc) is 2.66. The Balaban J connectivity index is 1.42. The zero-order valence-electron chi connectivity index (χ0n) is 14.5. The molecule has 0 spiro atoms. The number of hydrogen-bond acceptors (Lipinski definition) is 5. The third kappa shape index (κ3) is 5.72. The molecule has 2 amide bonds. The lowest BCUT2D eigenvalue weighted by Crippen LogP contribution is -2.54. The highest BCUT2D eigenvalue weighted by Crippen LogP contribution is 2.21. The third-order valence-corrected chi connectivity index (χ3v) is 5.24. The van der Waals surface area contributed by atoms with Crippen LogP contribution in [0, 0.1) is 0 Å². The number of aromatic nitrogens is 1. The molecular weight excluding hydrogens is 348 g/mol. The van der Waals surface area contributed by atoms with Crippen LogP contribution < -0.4 is 16.0 Å². The zero-order chi connectivity index (χ0) is 18.2. The van der Waals surface area contributed by atoms with Crippen LogP contribution in [0.25, 0.3) is 0 Å². The largest absolute Gasteiger partial charge is 0.391 e. The minimum absolute atomic E-state index is 0.259. The van der Waals surface area contributed by atoms with E-state index in [-0.39, 0.29) is 12.1 Å². The molecule has 2 atom stereocenters. The molecule has 2 unspecified atom stereocenters. The average molecular weight is 372 g/mol. The molecule has 2 aromatic rings. The van der Waals surface area contributed by atoms with Crippen molar-refractivity contribution >= 4 is 23.5 Å². The molecule has 0 aliphatic carbocycles. The maximum atomic E-state index is 12.1. The Kier molecular flexibility index (Phi) is 6.88. The number of pyridine rings is 1. The summed E-state index contributed by atoms with van der Waals surface area (Å²) in [5.41, 5.74) is 1.82. The van der Waals surface area contributed by atoms with Gasteiger partial charge in [0.05, 0.1) is 12.1 Å². The number of amides is 2. The number of carbonyl (C=O) groups is 1. The van der Waals surface area contributed by atoms with Crippen LogP contribution in [0.4, 0.5) is 10.5 Å². The predicted octanol–water partition coefficient (Wildman–Crippen LogP) is 2.26. The highest BCUT2D eigenvalue weighted by Gasteiger charge is 2.24. The van der Waals surface area contributed by atoms with Crippen molar-refractivity contribution in [2.24, 2.45) is 0 Å². The number of rotatable bonds is 6. The summed E-state index contributed by atoms with van der Waals surface area (Å²) < 4.78 is 0. The standard InChI is InChI=1S/C19H24N4O2S/c24-18-8-11-20-13-17(18)23-19(25)22-15-4-6-16(7-5-15)26-12-9-14-3-1-2-10-21-14/h1-7,10,17-18,20,24H,8-9,11-13H2,(H2,22,23,25). The summed E-state index contributed by atoms with van der Waals surface area (Å²) in [4.78, 5) is 17.5. The highest BCUT2D eigenvalue weighted by molar-refractivity contribution is 7.99. The summed E-state index contributed by atoms with van der Waals surface area (Å²) in [6.45, 7) is 1.36. The van der Waals surface area contributed by atoms with Gasteiger partial charge in [-0.3, -0.25) is 4.98 Å². The SMILES string of the molecule is O=C(Nc1ccc(SCCc2ccccn2)cc1)NC1CNCCC1O. The Labute approximate surface area is 157 Å². The molecule has 0 saturated carbocycles. The van der Waals surface area contributed by atoms with Gasteiger partial charge in [-0.2, -0.15) is 0 Å². The van der Waals surface area contributed by atoms with Crippen molar-refractivity contribution < 1.29 is 9.90 Å². The minimum Gasteiger partial charge on any atom is -0.391 e. The van der Waals surface area contributed by atoms with Crippen molar-refractivity contribution in [3.8, 4) is 0 Å². The van der Waals surface area contributed by atoms with Crippen LogP contribution in [0.5, 0.6) is 0 Å². The number of aliphatic hydroxyl groups is 1. The monoisotopic (exact) mass is 372 g/mol. The number of anilines is 1. The van der Waals surface area contributed by atoms with E-state index in [1.54, 1.807) is 11.8 Å². The topological polar surface area (TPSA) is 86.3 Å². The van der Waals surface area contributed by atoms with E-state index in [0.717, 1.165) is 35.0 Å². The van der Waals surface area contributed by atoms with Gasteiger partial charge < -0.3 is 21.1 Å². The van der Waals surface area contributed by atoms with Crippen LogP contribution in [-0.2, 0) is 6.42 Å². The molecule has 6 nitrogen and oxygen atoms in total. The number of thioether (sulfide) groups is 1. The van der Waals surface area contributed by atoms with Gasteiger partial charge in [0.1, 0.15) is 0 Å². The molecule has 7 heteroatoms. The van der Waals surface area contributed by atoms with Crippen molar-refractivity contribution in [2.75, 3.05) is 24.2 Å². The van der Waals surface area contributed by atoms with E-state index in [1.807, 2.05) is 48.7 Å². The fourth-order valence-corrected chi connectivity index (χ4v) is 3.66. The second kappa shape index (κ2) is 9.56. The molecule has 2 heterocycles. The minimum atomic E-state index is -0.500. The number of aliphatic hydroxyl groups excluding tert-OH is 1. The summed E-state index contributed by atoms with van der Waals surface area (Å²) in [6, 6.07) is 13.2. The normalized spacial score (nSPS) is 19.7.